The highest BCUT2D eigenvalue weighted by Crippen LogP contribution is 2.28. The van der Waals surface area contributed by atoms with Gasteiger partial charge in [-0.1, -0.05) is 0 Å². The van der Waals surface area contributed by atoms with E-state index >= 15 is 0 Å². The van der Waals surface area contributed by atoms with Crippen molar-refractivity contribution < 1.29 is 18.4 Å². The van der Waals surface area contributed by atoms with Gasteiger partial charge in [0.2, 0.25) is 11.8 Å². The minimum absolute atomic E-state index is 0.0324. The second-order valence-corrected chi connectivity index (χ2v) is 5.12. The average Bonchev–Trinajstić information content (AvgIpc) is 2.43. The highest BCUT2D eigenvalue weighted by atomic mass is 19.1. The molecular formula is C14H14F2N2O2. The fraction of sp³-hybridized carbons (Fsp3) is 0.429. The van der Waals surface area contributed by atoms with Crippen LogP contribution in [0.3, 0.4) is 0 Å². The van der Waals surface area contributed by atoms with E-state index in [9.17, 15) is 18.4 Å². The number of carbonyl (C=O) groups is 2. The Kier molecular flexibility index (Phi) is 3.16. The van der Waals surface area contributed by atoms with Crippen molar-refractivity contribution in [3.8, 4) is 0 Å². The lowest BCUT2D eigenvalue weighted by Crippen LogP contribution is -2.61. The molecule has 0 aliphatic carbocycles. The summed E-state index contributed by atoms with van der Waals surface area (Å²) in [6.45, 7) is 0.396. The normalized spacial score (nSPS) is 23.0. The number of nitrogens with zero attached hydrogens (tertiary/aromatic N) is 2. The van der Waals surface area contributed by atoms with Gasteiger partial charge in [0, 0.05) is 12.6 Å². The van der Waals surface area contributed by atoms with Crippen molar-refractivity contribution in [3.05, 3.63) is 29.8 Å². The molecule has 6 heteroatoms. The number of carbonyl (C=O) groups excluding carboxylic acids is 2. The van der Waals surface area contributed by atoms with Gasteiger partial charge in [-0.3, -0.25) is 14.5 Å². The van der Waals surface area contributed by atoms with Crippen LogP contribution in [0.2, 0.25) is 0 Å². The number of halogens is 2. The molecule has 2 amide bonds. The van der Waals surface area contributed by atoms with Gasteiger partial charge in [0.25, 0.3) is 0 Å². The van der Waals surface area contributed by atoms with Crippen LogP contribution in [0, 0.1) is 11.6 Å². The van der Waals surface area contributed by atoms with Gasteiger partial charge in [0.05, 0.1) is 5.69 Å². The monoisotopic (exact) mass is 280 g/mol. The topological polar surface area (TPSA) is 40.6 Å². The highest BCUT2D eigenvalue weighted by molar-refractivity contribution is 6.06. The van der Waals surface area contributed by atoms with E-state index in [1.54, 1.807) is 4.90 Å². The summed E-state index contributed by atoms with van der Waals surface area (Å²) in [5.41, 5.74) is -0.0324. The van der Waals surface area contributed by atoms with Crippen molar-refractivity contribution in [2.75, 3.05) is 18.0 Å². The molecule has 0 N–H and O–H groups in total. The number of amides is 2. The molecule has 1 unspecified atom stereocenters. The van der Waals surface area contributed by atoms with E-state index in [0.717, 1.165) is 29.9 Å². The van der Waals surface area contributed by atoms with Crippen molar-refractivity contribution in [3.63, 3.8) is 0 Å². The molecule has 0 aromatic heterocycles. The van der Waals surface area contributed by atoms with Crippen LogP contribution in [0.1, 0.15) is 19.3 Å². The van der Waals surface area contributed by atoms with E-state index in [-0.39, 0.29) is 24.0 Å². The molecule has 1 aromatic rings. The van der Waals surface area contributed by atoms with E-state index in [4.69, 9.17) is 0 Å². The molecule has 4 nitrogen and oxygen atoms in total. The van der Waals surface area contributed by atoms with Gasteiger partial charge in [-0.05, 0) is 31.4 Å². The Labute approximate surface area is 115 Å². The number of hydrogen-bond acceptors (Lipinski definition) is 2. The van der Waals surface area contributed by atoms with Crippen LogP contribution in [-0.4, -0.2) is 35.8 Å². The fourth-order valence-corrected chi connectivity index (χ4v) is 2.87. The lowest BCUT2D eigenvalue weighted by atomic mass is 9.98. The second kappa shape index (κ2) is 4.85. The minimum atomic E-state index is -0.824. The molecule has 0 bridgehead atoms. The van der Waals surface area contributed by atoms with Crippen LogP contribution < -0.4 is 4.90 Å². The van der Waals surface area contributed by atoms with Gasteiger partial charge in [-0.25, -0.2) is 8.78 Å². The molecule has 106 valence electrons. The summed E-state index contributed by atoms with van der Waals surface area (Å²) in [6, 6.07) is 2.51. The Hall–Kier alpha value is -1.98. The Morgan fingerprint density at radius 3 is 2.70 bits per heavy atom. The molecule has 0 saturated carbocycles. The zero-order valence-corrected chi connectivity index (χ0v) is 10.8. The maximum Gasteiger partial charge on any atom is 0.250 e. The number of fused-ring (bicyclic) bond motifs is 1. The molecule has 2 fully saturated rings. The van der Waals surface area contributed by atoms with Gasteiger partial charge in [-0.2, -0.15) is 0 Å². The summed E-state index contributed by atoms with van der Waals surface area (Å²) < 4.78 is 26.7. The smallest absolute Gasteiger partial charge is 0.250 e. The number of benzene rings is 1. The second-order valence-electron chi connectivity index (χ2n) is 5.12. The molecule has 20 heavy (non-hydrogen) atoms. The average molecular weight is 280 g/mol. The third-order valence-corrected chi connectivity index (χ3v) is 3.87. The minimum Gasteiger partial charge on any atom is -0.329 e. The molecule has 0 radical (unpaired) electrons. The molecular weight excluding hydrogens is 266 g/mol. The number of rotatable bonds is 1. The number of anilines is 1. The van der Waals surface area contributed by atoms with Crippen LogP contribution in [-0.2, 0) is 9.59 Å². The Balaban J connectivity index is 1.94. The van der Waals surface area contributed by atoms with E-state index in [0.29, 0.717) is 13.0 Å². The number of piperidine rings is 1. The Bertz CT molecular complexity index is 576. The fourth-order valence-electron chi connectivity index (χ4n) is 2.87. The SMILES string of the molecule is O=C1C2CCCCN2C(=O)CN1c1ccc(F)cc1F. The molecule has 2 aliphatic heterocycles. The zero-order valence-electron chi connectivity index (χ0n) is 10.8. The van der Waals surface area contributed by atoms with Crippen LogP contribution in [0.25, 0.3) is 0 Å². The molecule has 2 saturated heterocycles. The lowest BCUT2D eigenvalue weighted by molar-refractivity contribution is -0.144. The van der Waals surface area contributed by atoms with Gasteiger partial charge >= 0.3 is 0 Å². The van der Waals surface area contributed by atoms with Crippen molar-refractivity contribution in [2.45, 2.75) is 25.3 Å². The maximum atomic E-state index is 13.8. The highest BCUT2D eigenvalue weighted by Gasteiger charge is 2.41. The van der Waals surface area contributed by atoms with Crippen molar-refractivity contribution in [1.29, 1.82) is 0 Å². The first-order chi connectivity index (χ1) is 9.58. The predicted molar refractivity (Wildman–Crippen MR) is 68.1 cm³/mol. The number of hydrogen-bond donors (Lipinski definition) is 0. The third-order valence-electron chi connectivity index (χ3n) is 3.87. The van der Waals surface area contributed by atoms with E-state index in [1.807, 2.05) is 0 Å². The standard InChI is InChI=1S/C14H14F2N2O2/c15-9-4-5-11(10(16)7-9)18-8-13(19)17-6-2-1-3-12(17)14(18)20/h4-5,7,12H,1-3,6,8H2. The first-order valence-electron chi connectivity index (χ1n) is 6.64. The van der Waals surface area contributed by atoms with Crippen LogP contribution >= 0.6 is 0 Å². The van der Waals surface area contributed by atoms with Gasteiger partial charge in [0.15, 0.2) is 0 Å². The Morgan fingerprint density at radius 2 is 1.95 bits per heavy atom. The van der Waals surface area contributed by atoms with Crippen LogP contribution in [0.4, 0.5) is 14.5 Å². The van der Waals surface area contributed by atoms with Crippen LogP contribution in [0.5, 0.6) is 0 Å². The molecule has 0 spiro atoms. The summed E-state index contributed by atoms with van der Waals surface area (Å²) >= 11 is 0. The summed E-state index contributed by atoms with van der Waals surface area (Å²) in [6.07, 6.45) is 2.37. The summed E-state index contributed by atoms with van der Waals surface area (Å²) in [7, 11) is 0. The van der Waals surface area contributed by atoms with Gasteiger partial charge in [-0.15, -0.1) is 0 Å². The third kappa shape index (κ3) is 2.05. The zero-order chi connectivity index (χ0) is 14.3. The van der Waals surface area contributed by atoms with E-state index in [2.05, 4.69) is 0 Å². The van der Waals surface area contributed by atoms with Crippen LogP contribution in [0.15, 0.2) is 18.2 Å². The van der Waals surface area contributed by atoms with Gasteiger partial charge < -0.3 is 4.90 Å². The first-order valence-corrected chi connectivity index (χ1v) is 6.64. The Morgan fingerprint density at radius 1 is 1.15 bits per heavy atom. The first kappa shape index (κ1) is 13.0. The van der Waals surface area contributed by atoms with E-state index < -0.39 is 17.7 Å². The van der Waals surface area contributed by atoms with Crippen molar-refractivity contribution in [1.82, 2.24) is 4.90 Å². The van der Waals surface area contributed by atoms with E-state index in [1.165, 1.54) is 6.07 Å². The summed E-state index contributed by atoms with van der Waals surface area (Å²) in [5, 5.41) is 0. The summed E-state index contributed by atoms with van der Waals surface area (Å²) in [4.78, 5) is 27.2. The maximum absolute atomic E-state index is 13.8. The number of piperazine rings is 1. The molecule has 1 aromatic carbocycles. The molecule has 2 heterocycles. The quantitative estimate of drug-likeness (QED) is 0.785. The largest absolute Gasteiger partial charge is 0.329 e. The van der Waals surface area contributed by atoms with Crippen molar-refractivity contribution >= 4 is 17.5 Å². The summed E-state index contributed by atoms with van der Waals surface area (Å²) in [5.74, 6) is -2.00. The molecule has 1 atom stereocenters. The molecule has 2 aliphatic rings. The molecule has 3 rings (SSSR count). The van der Waals surface area contributed by atoms with Crippen molar-refractivity contribution in [2.24, 2.45) is 0 Å². The predicted octanol–water partition coefficient (Wildman–Crippen LogP) is 1.69. The lowest BCUT2D eigenvalue weighted by Gasteiger charge is -2.42. The van der Waals surface area contributed by atoms with Gasteiger partial charge in [0.1, 0.15) is 24.2 Å².